The summed E-state index contributed by atoms with van der Waals surface area (Å²) < 4.78 is 26.3. The van der Waals surface area contributed by atoms with Crippen molar-refractivity contribution in [2.45, 2.75) is 44.6 Å². The molecule has 0 spiro atoms. The molecule has 7 heteroatoms. The smallest absolute Gasteiger partial charge is 0.244 e. The Hall–Kier alpha value is -1.96. The minimum Gasteiger partial charge on any atom is -0.350 e. The average Bonchev–Trinajstić information content (AvgIpc) is 2.66. The van der Waals surface area contributed by atoms with Crippen LogP contribution in [0.3, 0.4) is 0 Å². The van der Waals surface area contributed by atoms with Gasteiger partial charge in [0.05, 0.1) is 4.90 Å². The Kier molecular flexibility index (Phi) is 8.41. The molecule has 1 heterocycles. The molecular formula is C21H31N3O3S. The van der Waals surface area contributed by atoms with Crippen molar-refractivity contribution in [3.63, 3.8) is 0 Å². The summed E-state index contributed by atoms with van der Waals surface area (Å²) in [6.07, 6.45) is 7.34. The van der Waals surface area contributed by atoms with Crippen LogP contribution in [0.1, 0.15) is 39.2 Å². The third-order valence-corrected chi connectivity index (χ3v) is 6.21. The van der Waals surface area contributed by atoms with Crippen molar-refractivity contribution in [3.05, 3.63) is 47.6 Å². The van der Waals surface area contributed by atoms with E-state index in [1.807, 2.05) is 0 Å². The van der Waals surface area contributed by atoms with Gasteiger partial charge in [-0.2, -0.15) is 0 Å². The number of sulfonamides is 1. The zero-order chi connectivity index (χ0) is 20.6. The summed E-state index contributed by atoms with van der Waals surface area (Å²) in [7, 11) is -3.45. The molecule has 1 fully saturated rings. The molecule has 0 radical (unpaired) electrons. The third kappa shape index (κ3) is 7.22. The number of likely N-dealkylation sites (tertiary alicyclic amines) is 1. The van der Waals surface area contributed by atoms with Crippen molar-refractivity contribution >= 4 is 22.0 Å². The quantitative estimate of drug-likeness (QED) is 0.515. The normalized spacial score (nSPS) is 16.2. The van der Waals surface area contributed by atoms with Gasteiger partial charge in [0.1, 0.15) is 0 Å². The van der Waals surface area contributed by atoms with Crippen LogP contribution in [0.2, 0.25) is 0 Å². The Labute approximate surface area is 168 Å². The summed E-state index contributed by atoms with van der Waals surface area (Å²) >= 11 is 0. The lowest BCUT2D eigenvalue weighted by atomic mass is 10.0. The van der Waals surface area contributed by atoms with E-state index in [1.165, 1.54) is 23.8 Å². The molecule has 28 heavy (non-hydrogen) atoms. The SMILES string of the molecule is CCNS(=O)(=O)c1ccc(/C=C/C(=O)NC2CCN(CC=C(C)C)CC2)cc1. The zero-order valence-electron chi connectivity index (χ0n) is 16.9. The van der Waals surface area contributed by atoms with Gasteiger partial charge >= 0.3 is 0 Å². The predicted molar refractivity (Wildman–Crippen MR) is 113 cm³/mol. The van der Waals surface area contributed by atoms with E-state index in [2.05, 4.69) is 34.9 Å². The predicted octanol–water partition coefficient (Wildman–Crippen LogP) is 2.54. The number of nitrogens with zero attached hydrogens (tertiary/aromatic N) is 1. The second-order valence-electron chi connectivity index (χ2n) is 7.27. The number of hydrogen-bond acceptors (Lipinski definition) is 4. The monoisotopic (exact) mass is 405 g/mol. The van der Waals surface area contributed by atoms with Crippen molar-refractivity contribution < 1.29 is 13.2 Å². The Morgan fingerprint density at radius 2 is 1.82 bits per heavy atom. The van der Waals surface area contributed by atoms with Gasteiger partial charge in [0.2, 0.25) is 15.9 Å². The fraction of sp³-hybridized carbons (Fsp3) is 0.476. The van der Waals surface area contributed by atoms with Crippen molar-refractivity contribution in [3.8, 4) is 0 Å². The topological polar surface area (TPSA) is 78.5 Å². The highest BCUT2D eigenvalue weighted by Gasteiger charge is 2.19. The number of hydrogen-bond donors (Lipinski definition) is 2. The van der Waals surface area contributed by atoms with Gasteiger partial charge in [0.15, 0.2) is 0 Å². The average molecular weight is 406 g/mol. The second kappa shape index (κ2) is 10.5. The van der Waals surface area contributed by atoms with E-state index in [-0.39, 0.29) is 16.8 Å². The minimum atomic E-state index is -3.45. The molecule has 6 nitrogen and oxygen atoms in total. The first kappa shape index (κ1) is 22.3. The number of rotatable bonds is 8. The summed E-state index contributed by atoms with van der Waals surface area (Å²) in [5.41, 5.74) is 2.11. The summed E-state index contributed by atoms with van der Waals surface area (Å²) in [6.45, 7) is 9.24. The van der Waals surface area contributed by atoms with E-state index in [0.29, 0.717) is 6.54 Å². The number of piperidine rings is 1. The molecule has 1 aliphatic rings. The van der Waals surface area contributed by atoms with Crippen LogP contribution in [0.4, 0.5) is 0 Å². The fourth-order valence-corrected chi connectivity index (χ4v) is 4.07. The van der Waals surface area contributed by atoms with Gasteiger partial charge < -0.3 is 5.32 Å². The van der Waals surface area contributed by atoms with Crippen LogP contribution in [0.25, 0.3) is 6.08 Å². The van der Waals surface area contributed by atoms with Crippen molar-refractivity contribution in [2.75, 3.05) is 26.2 Å². The van der Waals surface area contributed by atoms with Crippen LogP contribution in [-0.2, 0) is 14.8 Å². The van der Waals surface area contributed by atoms with Crippen LogP contribution in [-0.4, -0.2) is 51.4 Å². The maximum atomic E-state index is 12.2. The number of nitrogens with one attached hydrogen (secondary N) is 2. The molecule has 0 aliphatic carbocycles. The lowest BCUT2D eigenvalue weighted by molar-refractivity contribution is -0.117. The lowest BCUT2D eigenvalue weighted by Crippen LogP contribution is -2.44. The maximum Gasteiger partial charge on any atom is 0.244 e. The molecule has 0 bridgehead atoms. The summed E-state index contributed by atoms with van der Waals surface area (Å²) in [5, 5.41) is 3.05. The van der Waals surface area contributed by atoms with Gasteiger partial charge in [0, 0.05) is 38.3 Å². The van der Waals surface area contributed by atoms with E-state index in [0.717, 1.165) is 38.0 Å². The van der Waals surface area contributed by atoms with Gasteiger partial charge in [0.25, 0.3) is 0 Å². The third-order valence-electron chi connectivity index (χ3n) is 4.64. The number of amides is 1. The molecule has 1 saturated heterocycles. The maximum absolute atomic E-state index is 12.2. The van der Waals surface area contributed by atoms with E-state index < -0.39 is 10.0 Å². The first-order valence-corrected chi connectivity index (χ1v) is 11.2. The highest BCUT2D eigenvalue weighted by molar-refractivity contribution is 7.89. The van der Waals surface area contributed by atoms with Gasteiger partial charge in [-0.15, -0.1) is 0 Å². The molecule has 2 rings (SSSR count). The summed E-state index contributed by atoms with van der Waals surface area (Å²) in [5.74, 6) is -0.118. The van der Waals surface area contributed by atoms with E-state index in [9.17, 15) is 13.2 Å². The van der Waals surface area contributed by atoms with Gasteiger partial charge in [-0.05, 0) is 50.5 Å². The molecule has 1 aromatic carbocycles. The first-order valence-electron chi connectivity index (χ1n) is 9.74. The van der Waals surface area contributed by atoms with Crippen LogP contribution in [0, 0.1) is 0 Å². The molecular weight excluding hydrogens is 374 g/mol. The Balaban J connectivity index is 1.82. The molecule has 2 N–H and O–H groups in total. The van der Waals surface area contributed by atoms with E-state index >= 15 is 0 Å². The highest BCUT2D eigenvalue weighted by Crippen LogP contribution is 2.13. The number of benzene rings is 1. The Bertz CT molecular complexity index is 802. The van der Waals surface area contributed by atoms with E-state index in [1.54, 1.807) is 25.1 Å². The van der Waals surface area contributed by atoms with Crippen molar-refractivity contribution in [2.24, 2.45) is 0 Å². The first-order chi connectivity index (χ1) is 13.3. The van der Waals surface area contributed by atoms with Crippen molar-refractivity contribution in [1.29, 1.82) is 0 Å². The molecule has 0 aromatic heterocycles. The number of carbonyl (C=O) groups is 1. The van der Waals surface area contributed by atoms with Crippen LogP contribution in [0.5, 0.6) is 0 Å². The molecule has 0 saturated carbocycles. The fourth-order valence-electron chi connectivity index (χ4n) is 3.02. The molecule has 154 valence electrons. The summed E-state index contributed by atoms with van der Waals surface area (Å²) in [6, 6.07) is 6.66. The van der Waals surface area contributed by atoms with Crippen LogP contribution in [0.15, 0.2) is 46.9 Å². The number of carbonyl (C=O) groups excluding carboxylic acids is 1. The number of allylic oxidation sites excluding steroid dienone is 1. The Morgan fingerprint density at radius 1 is 1.18 bits per heavy atom. The zero-order valence-corrected chi connectivity index (χ0v) is 17.8. The van der Waals surface area contributed by atoms with Crippen molar-refractivity contribution in [1.82, 2.24) is 14.9 Å². The molecule has 1 amide bonds. The van der Waals surface area contributed by atoms with E-state index in [4.69, 9.17) is 0 Å². The lowest BCUT2D eigenvalue weighted by Gasteiger charge is -2.31. The standard InChI is InChI=1S/C21H31N3O3S/c1-4-22-28(26,27)20-8-5-18(6-9-20)7-10-21(25)23-19-12-15-24(16-13-19)14-11-17(2)3/h5-11,19,22H,4,12-16H2,1-3H3,(H,23,25)/b10-7+. The second-order valence-corrected chi connectivity index (χ2v) is 9.04. The van der Waals surface area contributed by atoms with Gasteiger partial charge in [-0.25, -0.2) is 13.1 Å². The minimum absolute atomic E-state index is 0.118. The largest absolute Gasteiger partial charge is 0.350 e. The summed E-state index contributed by atoms with van der Waals surface area (Å²) in [4.78, 5) is 14.8. The molecule has 0 unspecified atom stereocenters. The van der Waals surface area contributed by atoms with Gasteiger partial charge in [-0.3, -0.25) is 9.69 Å². The molecule has 1 aliphatic heterocycles. The van der Waals surface area contributed by atoms with Crippen LogP contribution < -0.4 is 10.0 Å². The van der Waals surface area contributed by atoms with Gasteiger partial charge in [-0.1, -0.05) is 30.7 Å². The Morgan fingerprint density at radius 3 is 2.39 bits per heavy atom. The molecule has 1 aromatic rings. The molecule has 0 atom stereocenters. The van der Waals surface area contributed by atoms with Crippen LogP contribution >= 0.6 is 0 Å². The highest BCUT2D eigenvalue weighted by atomic mass is 32.2.